The van der Waals surface area contributed by atoms with Gasteiger partial charge in [-0.05, 0) is 32.7 Å². The Balaban J connectivity index is 1.80. The molecule has 3 rings (SSSR count). The van der Waals surface area contributed by atoms with Crippen molar-refractivity contribution in [3.63, 3.8) is 0 Å². The Bertz CT molecular complexity index is 678. The molecule has 0 spiro atoms. The van der Waals surface area contributed by atoms with Crippen molar-refractivity contribution in [3.05, 3.63) is 28.7 Å². The van der Waals surface area contributed by atoms with Crippen LogP contribution in [0.5, 0.6) is 0 Å². The first-order valence-corrected chi connectivity index (χ1v) is 7.41. The molecule has 1 saturated heterocycles. The van der Waals surface area contributed by atoms with E-state index < -0.39 is 5.91 Å². The second kappa shape index (κ2) is 5.88. The molecule has 2 N–H and O–H groups in total. The fourth-order valence-corrected chi connectivity index (χ4v) is 2.89. The van der Waals surface area contributed by atoms with Crippen LogP contribution in [0.15, 0.2) is 9.05 Å². The van der Waals surface area contributed by atoms with Crippen molar-refractivity contribution >= 4 is 5.91 Å². The minimum absolute atomic E-state index is 0.000365. The first-order valence-electron chi connectivity index (χ1n) is 7.41. The fourth-order valence-electron chi connectivity index (χ4n) is 2.89. The van der Waals surface area contributed by atoms with Crippen LogP contribution in [-0.2, 0) is 13.0 Å². The van der Waals surface area contributed by atoms with Crippen LogP contribution in [0.4, 0.5) is 0 Å². The van der Waals surface area contributed by atoms with E-state index in [9.17, 15) is 4.79 Å². The zero-order valence-electron chi connectivity index (χ0n) is 12.7. The Labute approximate surface area is 127 Å². The molecule has 0 aromatic carbocycles. The van der Waals surface area contributed by atoms with Gasteiger partial charge in [0, 0.05) is 12.1 Å². The summed E-state index contributed by atoms with van der Waals surface area (Å²) in [4.78, 5) is 17.4. The van der Waals surface area contributed by atoms with E-state index >= 15 is 0 Å². The maximum absolute atomic E-state index is 11.1. The van der Waals surface area contributed by atoms with E-state index in [1.54, 1.807) is 0 Å². The molecule has 22 heavy (non-hydrogen) atoms. The highest BCUT2D eigenvalue weighted by molar-refractivity contribution is 5.88. The minimum Gasteiger partial charge on any atom is -0.363 e. The Morgan fingerprint density at radius 1 is 1.41 bits per heavy atom. The Morgan fingerprint density at radius 2 is 2.23 bits per heavy atom. The molecule has 0 radical (unpaired) electrons. The van der Waals surface area contributed by atoms with Crippen molar-refractivity contribution in [2.45, 2.75) is 45.7 Å². The molecule has 118 valence electrons. The first-order chi connectivity index (χ1) is 10.6. The predicted octanol–water partition coefficient (Wildman–Crippen LogP) is 1.36. The molecule has 0 aliphatic carbocycles. The zero-order chi connectivity index (χ0) is 15.7. The van der Waals surface area contributed by atoms with E-state index in [2.05, 4.69) is 27.1 Å². The number of hydrogen-bond donors (Lipinski definition) is 1. The molecule has 2 aromatic heterocycles. The molecule has 8 heteroatoms. The molecule has 0 saturated carbocycles. The topological polar surface area (TPSA) is 111 Å². The maximum atomic E-state index is 11.1. The van der Waals surface area contributed by atoms with Crippen LogP contribution in [0, 0.1) is 6.92 Å². The van der Waals surface area contributed by atoms with Crippen LogP contribution in [0.25, 0.3) is 0 Å². The molecule has 0 bridgehead atoms. The Kier molecular flexibility index (Phi) is 3.93. The lowest BCUT2D eigenvalue weighted by Gasteiger charge is -2.21. The van der Waals surface area contributed by atoms with Crippen molar-refractivity contribution in [2.24, 2.45) is 5.73 Å². The van der Waals surface area contributed by atoms with E-state index in [1.165, 1.54) is 0 Å². The highest BCUT2D eigenvalue weighted by atomic mass is 16.5. The number of carbonyl (C=O) groups is 1. The van der Waals surface area contributed by atoms with Gasteiger partial charge in [0.1, 0.15) is 5.76 Å². The predicted molar refractivity (Wildman–Crippen MR) is 75.8 cm³/mol. The average Bonchev–Trinajstić information content (AvgIpc) is 3.20. The van der Waals surface area contributed by atoms with Crippen molar-refractivity contribution < 1.29 is 13.8 Å². The highest BCUT2D eigenvalue weighted by Gasteiger charge is 2.32. The number of nitrogens with zero attached hydrogens (tertiary/aromatic N) is 4. The number of rotatable bonds is 5. The monoisotopic (exact) mass is 305 g/mol. The van der Waals surface area contributed by atoms with Gasteiger partial charge in [0.25, 0.3) is 11.7 Å². The molecule has 8 nitrogen and oxygen atoms in total. The molecule has 1 fully saturated rings. The normalized spacial score (nSPS) is 18.9. The molecular formula is C14H19N5O3. The van der Waals surface area contributed by atoms with Crippen LogP contribution in [-0.4, -0.2) is 32.6 Å². The lowest BCUT2D eigenvalue weighted by atomic mass is 10.1. The molecule has 2 aromatic rings. The molecule has 1 aliphatic heterocycles. The molecule has 1 amide bonds. The SMILES string of the molecule is CCc1noc(C)c1CN1CCC[C@H]1c1nc(C(N)=O)no1. The van der Waals surface area contributed by atoms with Crippen molar-refractivity contribution in [2.75, 3.05) is 6.54 Å². The summed E-state index contributed by atoms with van der Waals surface area (Å²) in [5, 5.41) is 7.71. The van der Waals surface area contributed by atoms with Crippen LogP contribution in [0.2, 0.25) is 0 Å². The van der Waals surface area contributed by atoms with Gasteiger partial charge in [-0.1, -0.05) is 17.2 Å². The number of likely N-dealkylation sites (tertiary alicyclic amines) is 1. The summed E-state index contributed by atoms with van der Waals surface area (Å²) in [6.45, 7) is 5.62. The van der Waals surface area contributed by atoms with E-state index in [0.717, 1.165) is 49.4 Å². The molecule has 1 atom stereocenters. The second-order valence-corrected chi connectivity index (χ2v) is 5.47. The number of hydrogen-bond acceptors (Lipinski definition) is 7. The summed E-state index contributed by atoms with van der Waals surface area (Å²) < 4.78 is 10.5. The van der Waals surface area contributed by atoms with Gasteiger partial charge >= 0.3 is 0 Å². The summed E-state index contributed by atoms with van der Waals surface area (Å²) in [7, 11) is 0. The standard InChI is InChI=1S/C14H19N5O3/c1-3-10-9(8(2)21-17-10)7-19-6-4-5-11(19)14-16-13(12(15)20)18-22-14/h11H,3-7H2,1-2H3,(H2,15,20)/t11-/m0/s1. The minimum atomic E-state index is -0.678. The van der Waals surface area contributed by atoms with Crippen molar-refractivity contribution in [3.8, 4) is 0 Å². The Hall–Kier alpha value is -2.22. The van der Waals surface area contributed by atoms with Crippen LogP contribution in [0.3, 0.4) is 0 Å². The van der Waals surface area contributed by atoms with E-state index in [0.29, 0.717) is 5.89 Å². The zero-order valence-corrected chi connectivity index (χ0v) is 12.7. The van der Waals surface area contributed by atoms with Gasteiger partial charge < -0.3 is 14.8 Å². The number of nitrogens with two attached hydrogens (primary N) is 1. The van der Waals surface area contributed by atoms with Gasteiger partial charge in [-0.15, -0.1) is 0 Å². The maximum Gasteiger partial charge on any atom is 0.290 e. The molecule has 3 heterocycles. The lowest BCUT2D eigenvalue weighted by Crippen LogP contribution is -2.24. The van der Waals surface area contributed by atoms with Gasteiger partial charge in [0.05, 0.1) is 11.7 Å². The van der Waals surface area contributed by atoms with Gasteiger partial charge in [0.2, 0.25) is 5.89 Å². The second-order valence-electron chi connectivity index (χ2n) is 5.47. The highest BCUT2D eigenvalue weighted by Crippen LogP contribution is 2.33. The Morgan fingerprint density at radius 3 is 2.91 bits per heavy atom. The average molecular weight is 305 g/mol. The number of carbonyl (C=O) groups excluding carboxylic acids is 1. The van der Waals surface area contributed by atoms with Crippen LogP contribution >= 0.6 is 0 Å². The lowest BCUT2D eigenvalue weighted by molar-refractivity contribution is 0.0987. The first kappa shape index (κ1) is 14.7. The summed E-state index contributed by atoms with van der Waals surface area (Å²) in [5.41, 5.74) is 7.26. The third-order valence-electron chi connectivity index (χ3n) is 4.07. The third kappa shape index (κ3) is 2.61. The van der Waals surface area contributed by atoms with Crippen molar-refractivity contribution in [1.82, 2.24) is 20.2 Å². The van der Waals surface area contributed by atoms with Crippen LogP contribution in [0.1, 0.15) is 59.3 Å². The van der Waals surface area contributed by atoms with Gasteiger partial charge in [-0.3, -0.25) is 9.69 Å². The van der Waals surface area contributed by atoms with Crippen molar-refractivity contribution in [1.29, 1.82) is 0 Å². The summed E-state index contributed by atoms with van der Waals surface area (Å²) in [6, 6.07) is -0.000365. The van der Waals surface area contributed by atoms with Gasteiger partial charge in [-0.2, -0.15) is 4.98 Å². The quantitative estimate of drug-likeness (QED) is 0.887. The van der Waals surface area contributed by atoms with E-state index in [-0.39, 0.29) is 11.9 Å². The summed E-state index contributed by atoms with van der Waals surface area (Å²) in [5.74, 6) is 0.532. The smallest absolute Gasteiger partial charge is 0.290 e. The number of aromatic nitrogens is 3. The fraction of sp³-hybridized carbons (Fsp3) is 0.571. The molecular weight excluding hydrogens is 286 g/mol. The van der Waals surface area contributed by atoms with E-state index in [1.807, 2.05) is 6.92 Å². The summed E-state index contributed by atoms with van der Waals surface area (Å²) in [6.07, 6.45) is 2.77. The molecule has 0 unspecified atom stereocenters. The number of amides is 1. The number of aryl methyl sites for hydroxylation is 2. The number of primary amides is 1. The van der Waals surface area contributed by atoms with Crippen LogP contribution < -0.4 is 5.73 Å². The summed E-state index contributed by atoms with van der Waals surface area (Å²) >= 11 is 0. The largest absolute Gasteiger partial charge is 0.363 e. The van der Waals surface area contributed by atoms with Gasteiger partial charge in [-0.25, -0.2) is 0 Å². The van der Waals surface area contributed by atoms with Gasteiger partial charge in [0.15, 0.2) is 0 Å². The molecule has 1 aliphatic rings. The van der Waals surface area contributed by atoms with E-state index in [4.69, 9.17) is 14.8 Å². The third-order valence-corrected chi connectivity index (χ3v) is 4.07.